The predicted molar refractivity (Wildman–Crippen MR) is 95.6 cm³/mol. The van der Waals surface area contributed by atoms with Crippen LogP contribution in [0.15, 0.2) is 65.5 Å². The minimum atomic E-state index is -0.560. The number of aromatic nitrogens is 2. The molecular formula is C18H14ClN3O3. The summed E-state index contributed by atoms with van der Waals surface area (Å²) in [4.78, 5) is 22.9. The Bertz CT molecular complexity index is 918. The van der Waals surface area contributed by atoms with Crippen molar-refractivity contribution < 1.29 is 9.53 Å². The van der Waals surface area contributed by atoms with Crippen LogP contribution in [0.1, 0.15) is 5.56 Å². The first-order valence-corrected chi connectivity index (χ1v) is 7.82. The molecule has 6 nitrogen and oxygen atoms in total. The molecule has 1 aromatic heterocycles. The molecule has 0 atom stereocenters. The Morgan fingerprint density at radius 3 is 2.60 bits per heavy atom. The largest absolute Gasteiger partial charge is 0.444 e. The lowest BCUT2D eigenvalue weighted by atomic mass is 10.1. The fourth-order valence-electron chi connectivity index (χ4n) is 2.16. The van der Waals surface area contributed by atoms with Gasteiger partial charge in [-0.05, 0) is 35.9 Å². The SMILES string of the molecule is O=C(Nc1ccc(-c2ccc(=O)[nH]n2)cc1)OCc1cccc(Cl)c1. The fraction of sp³-hybridized carbons (Fsp3) is 0.0556. The Kier molecular flexibility index (Phi) is 5.11. The van der Waals surface area contributed by atoms with Crippen molar-refractivity contribution in [3.63, 3.8) is 0 Å². The zero-order valence-electron chi connectivity index (χ0n) is 13.0. The molecule has 1 heterocycles. The second kappa shape index (κ2) is 7.63. The van der Waals surface area contributed by atoms with Crippen molar-refractivity contribution in [3.8, 4) is 11.3 Å². The number of benzene rings is 2. The van der Waals surface area contributed by atoms with Crippen LogP contribution < -0.4 is 10.9 Å². The van der Waals surface area contributed by atoms with Crippen LogP contribution in [0, 0.1) is 0 Å². The van der Waals surface area contributed by atoms with Gasteiger partial charge in [-0.2, -0.15) is 5.10 Å². The molecule has 0 bridgehead atoms. The molecule has 25 heavy (non-hydrogen) atoms. The van der Waals surface area contributed by atoms with Gasteiger partial charge in [-0.25, -0.2) is 9.89 Å². The van der Waals surface area contributed by atoms with Gasteiger partial charge in [0, 0.05) is 22.3 Å². The number of amides is 1. The van der Waals surface area contributed by atoms with E-state index in [1.165, 1.54) is 6.07 Å². The van der Waals surface area contributed by atoms with Crippen LogP contribution >= 0.6 is 11.6 Å². The third-order valence-corrected chi connectivity index (χ3v) is 3.60. The number of nitrogens with one attached hydrogen (secondary N) is 2. The van der Waals surface area contributed by atoms with E-state index in [2.05, 4.69) is 15.5 Å². The summed E-state index contributed by atoms with van der Waals surface area (Å²) >= 11 is 5.88. The Labute approximate surface area is 148 Å². The predicted octanol–water partition coefficient (Wildman–Crippen LogP) is 3.84. The van der Waals surface area contributed by atoms with Crippen LogP contribution in [0.25, 0.3) is 11.3 Å². The highest BCUT2D eigenvalue weighted by molar-refractivity contribution is 6.30. The van der Waals surface area contributed by atoms with Crippen molar-refractivity contribution in [2.75, 3.05) is 5.32 Å². The molecule has 0 saturated carbocycles. The standard InChI is InChI=1S/C18H14ClN3O3/c19-14-3-1-2-12(10-14)11-25-18(24)20-15-6-4-13(5-7-15)16-8-9-17(23)22-21-16/h1-10H,11H2,(H,20,24)(H,22,23). The molecule has 2 N–H and O–H groups in total. The number of aromatic amines is 1. The van der Waals surface area contributed by atoms with Crippen molar-refractivity contribution in [2.45, 2.75) is 6.61 Å². The maximum Gasteiger partial charge on any atom is 0.411 e. The van der Waals surface area contributed by atoms with Gasteiger partial charge in [0.1, 0.15) is 6.61 Å². The summed E-state index contributed by atoms with van der Waals surface area (Å²) in [6.07, 6.45) is -0.560. The van der Waals surface area contributed by atoms with E-state index in [4.69, 9.17) is 16.3 Å². The van der Waals surface area contributed by atoms with Crippen molar-refractivity contribution in [2.24, 2.45) is 0 Å². The third-order valence-electron chi connectivity index (χ3n) is 3.37. The van der Waals surface area contributed by atoms with E-state index < -0.39 is 6.09 Å². The number of anilines is 1. The van der Waals surface area contributed by atoms with E-state index >= 15 is 0 Å². The van der Waals surface area contributed by atoms with Crippen LogP contribution in [0.3, 0.4) is 0 Å². The van der Waals surface area contributed by atoms with E-state index in [0.717, 1.165) is 11.1 Å². The number of hydrogen-bond donors (Lipinski definition) is 2. The highest BCUT2D eigenvalue weighted by Crippen LogP contribution is 2.18. The van der Waals surface area contributed by atoms with Gasteiger partial charge in [0.25, 0.3) is 5.56 Å². The van der Waals surface area contributed by atoms with Gasteiger partial charge >= 0.3 is 6.09 Å². The molecule has 0 fully saturated rings. The minimum absolute atomic E-state index is 0.131. The van der Waals surface area contributed by atoms with Gasteiger partial charge < -0.3 is 4.74 Å². The van der Waals surface area contributed by atoms with Gasteiger partial charge in [0.05, 0.1) is 5.69 Å². The first-order valence-electron chi connectivity index (χ1n) is 7.44. The van der Waals surface area contributed by atoms with Crippen LogP contribution in [-0.2, 0) is 11.3 Å². The summed E-state index contributed by atoms with van der Waals surface area (Å²) in [5.74, 6) is 0. The molecule has 0 unspecified atom stereocenters. The maximum atomic E-state index is 11.8. The van der Waals surface area contributed by atoms with Gasteiger partial charge in [-0.3, -0.25) is 10.1 Å². The van der Waals surface area contributed by atoms with Gasteiger partial charge in [0.15, 0.2) is 0 Å². The average Bonchev–Trinajstić information content (AvgIpc) is 2.62. The van der Waals surface area contributed by atoms with Crippen LogP contribution in [0.2, 0.25) is 5.02 Å². The number of hydrogen-bond acceptors (Lipinski definition) is 4. The fourth-order valence-corrected chi connectivity index (χ4v) is 2.37. The van der Waals surface area contributed by atoms with Crippen molar-refractivity contribution in [3.05, 3.63) is 81.6 Å². The quantitative estimate of drug-likeness (QED) is 0.744. The second-order valence-corrected chi connectivity index (χ2v) is 5.65. The molecule has 126 valence electrons. The van der Waals surface area contributed by atoms with Crippen molar-refractivity contribution in [1.29, 1.82) is 0 Å². The average molecular weight is 356 g/mol. The zero-order valence-corrected chi connectivity index (χ0v) is 13.8. The van der Waals surface area contributed by atoms with Gasteiger partial charge in [-0.1, -0.05) is 35.9 Å². The number of carbonyl (C=O) groups excluding carboxylic acids is 1. The van der Waals surface area contributed by atoms with Crippen molar-refractivity contribution in [1.82, 2.24) is 10.2 Å². The highest BCUT2D eigenvalue weighted by atomic mass is 35.5. The smallest absolute Gasteiger partial charge is 0.411 e. The lowest BCUT2D eigenvalue weighted by Gasteiger charge is -2.08. The zero-order chi connectivity index (χ0) is 17.6. The second-order valence-electron chi connectivity index (χ2n) is 5.21. The van der Waals surface area contributed by atoms with E-state index in [-0.39, 0.29) is 12.2 Å². The normalized spacial score (nSPS) is 10.3. The molecule has 0 aliphatic rings. The molecule has 3 aromatic rings. The molecule has 0 spiro atoms. The Balaban J connectivity index is 1.58. The monoisotopic (exact) mass is 355 g/mol. The number of ether oxygens (including phenoxy) is 1. The topological polar surface area (TPSA) is 84.1 Å². The summed E-state index contributed by atoms with van der Waals surface area (Å²) in [5, 5.41) is 9.56. The van der Waals surface area contributed by atoms with Crippen molar-refractivity contribution >= 4 is 23.4 Å². The summed E-state index contributed by atoms with van der Waals surface area (Å²) in [6.45, 7) is 0.131. The molecule has 7 heteroatoms. The minimum Gasteiger partial charge on any atom is -0.444 e. The van der Waals surface area contributed by atoms with Crippen LogP contribution in [0.5, 0.6) is 0 Å². The molecule has 0 aliphatic heterocycles. The van der Waals surface area contributed by atoms with E-state index in [9.17, 15) is 9.59 Å². The summed E-state index contributed by atoms with van der Waals surface area (Å²) in [7, 11) is 0. The molecule has 0 radical (unpaired) electrons. The van der Waals surface area contributed by atoms with E-state index in [1.54, 1.807) is 48.5 Å². The number of halogens is 1. The first-order chi connectivity index (χ1) is 12.1. The Morgan fingerprint density at radius 1 is 1.12 bits per heavy atom. The summed E-state index contributed by atoms with van der Waals surface area (Å²) in [5.41, 5.74) is 2.58. The molecule has 0 saturated heterocycles. The summed E-state index contributed by atoms with van der Waals surface area (Å²) in [6, 6.07) is 17.2. The van der Waals surface area contributed by atoms with E-state index in [0.29, 0.717) is 16.4 Å². The van der Waals surface area contributed by atoms with E-state index in [1.807, 2.05) is 6.07 Å². The maximum absolute atomic E-state index is 11.8. The molecule has 0 aliphatic carbocycles. The Hall–Kier alpha value is -3.12. The number of carbonyl (C=O) groups is 1. The molecular weight excluding hydrogens is 342 g/mol. The molecule has 2 aromatic carbocycles. The van der Waals surface area contributed by atoms with Gasteiger partial charge in [0.2, 0.25) is 0 Å². The number of H-pyrrole nitrogens is 1. The molecule has 3 rings (SSSR count). The highest BCUT2D eigenvalue weighted by Gasteiger charge is 2.05. The number of nitrogens with zero attached hydrogens (tertiary/aromatic N) is 1. The number of rotatable bonds is 4. The lowest BCUT2D eigenvalue weighted by Crippen LogP contribution is -2.13. The Morgan fingerprint density at radius 2 is 1.92 bits per heavy atom. The first kappa shape index (κ1) is 16.7. The van der Waals surface area contributed by atoms with Crippen LogP contribution in [-0.4, -0.2) is 16.3 Å². The summed E-state index contributed by atoms with van der Waals surface area (Å²) < 4.78 is 5.15. The third kappa shape index (κ3) is 4.68. The van der Waals surface area contributed by atoms with Gasteiger partial charge in [-0.15, -0.1) is 0 Å². The lowest BCUT2D eigenvalue weighted by molar-refractivity contribution is 0.155. The molecule has 1 amide bonds. The van der Waals surface area contributed by atoms with Crippen LogP contribution in [0.4, 0.5) is 10.5 Å².